The highest BCUT2D eigenvalue weighted by Gasteiger charge is 2.52. The maximum atomic E-state index is 13.7. The van der Waals surface area contributed by atoms with Gasteiger partial charge in [-0.25, -0.2) is 8.42 Å². The minimum atomic E-state index is -4.68. The van der Waals surface area contributed by atoms with E-state index in [1.54, 1.807) is 0 Å². The molecule has 1 aromatic carbocycles. The number of rotatable bonds is 5. The van der Waals surface area contributed by atoms with Crippen molar-refractivity contribution in [2.75, 3.05) is 13.2 Å². The van der Waals surface area contributed by atoms with Crippen LogP contribution < -0.4 is 15.4 Å². The summed E-state index contributed by atoms with van der Waals surface area (Å²) in [6.07, 6.45) is -0.988. The van der Waals surface area contributed by atoms with Gasteiger partial charge in [0.1, 0.15) is 12.5 Å². The first-order valence-corrected chi connectivity index (χ1v) is 17.4. The fraction of sp³-hybridized carbons (Fsp3) is 0.806. The molecule has 2 heterocycles. The van der Waals surface area contributed by atoms with Crippen molar-refractivity contribution >= 4 is 10.0 Å². The van der Waals surface area contributed by atoms with Crippen LogP contribution in [0.5, 0.6) is 0 Å². The van der Waals surface area contributed by atoms with Gasteiger partial charge in [-0.2, -0.15) is 4.72 Å². The molecule has 244 valence electrons. The largest absolute Gasteiger partial charge is 0.523 e. The van der Waals surface area contributed by atoms with Crippen molar-refractivity contribution in [3.05, 3.63) is 34.9 Å². The van der Waals surface area contributed by atoms with Crippen LogP contribution in [-0.2, 0) is 19.5 Å². The molecule has 12 heteroatoms. The number of nitrogens with zero attached hydrogens (tertiary/aromatic N) is 1. The molecular weight excluding hydrogens is 581 g/mol. The Kier molecular flexibility index (Phi) is 9.89. The van der Waals surface area contributed by atoms with Crippen molar-refractivity contribution in [1.29, 1.82) is 0 Å². The van der Waals surface area contributed by atoms with E-state index in [0.717, 1.165) is 36.0 Å². The maximum Gasteiger partial charge on any atom is 0.523 e. The molecule has 5 rings (SSSR count). The second kappa shape index (κ2) is 12.8. The number of halogens is 3. The molecule has 0 aromatic heterocycles. The Labute approximate surface area is 254 Å². The van der Waals surface area contributed by atoms with Crippen LogP contribution in [0, 0.1) is 25.7 Å². The van der Waals surface area contributed by atoms with Crippen LogP contribution >= 0.6 is 0 Å². The molecule has 2 saturated carbocycles. The number of aryl methyl sites for hydroxylation is 2. The molecular formula is C31H49F3N4O4S. The molecule has 5 unspecified atom stereocenters. The van der Waals surface area contributed by atoms with Gasteiger partial charge < -0.3 is 4.74 Å². The summed E-state index contributed by atoms with van der Waals surface area (Å²) in [5.41, 5.74) is 2.15. The van der Waals surface area contributed by atoms with E-state index in [1.807, 2.05) is 6.07 Å². The molecule has 4 bridgehead atoms. The zero-order valence-corrected chi connectivity index (χ0v) is 26.9. The Morgan fingerprint density at radius 1 is 1.12 bits per heavy atom. The number of nitrogens with one attached hydrogen (secondary N) is 3. The van der Waals surface area contributed by atoms with Gasteiger partial charge >= 0.3 is 6.36 Å². The Bertz CT molecular complexity index is 1200. The quantitative estimate of drug-likeness (QED) is 0.411. The van der Waals surface area contributed by atoms with E-state index in [0.29, 0.717) is 38.3 Å². The Balaban J connectivity index is 1.45. The van der Waals surface area contributed by atoms with Gasteiger partial charge in [-0.1, -0.05) is 38.5 Å². The fourth-order valence-electron chi connectivity index (χ4n) is 8.00. The van der Waals surface area contributed by atoms with E-state index in [9.17, 15) is 21.6 Å². The van der Waals surface area contributed by atoms with Crippen molar-refractivity contribution in [1.82, 2.24) is 20.3 Å². The zero-order valence-electron chi connectivity index (χ0n) is 26.0. The molecule has 6 atom stereocenters. The molecule has 2 aliphatic heterocycles. The lowest BCUT2D eigenvalue weighted by Crippen LogP contribution is -2.64. The number of fused-ring (bicyclic) bond motifs is 4. The van der Waals surface area contributed by atoms with Gasteiger partial charge in [0, 0.05) is 31.1 Å². The molecule has 1 aromatic rings. The topological polar surface area (TPSA) is 91.9 Å². The standard InChI is InChI=1S/C31H49F3N4O4S/c1-19(2)12-23-18-41-27-14-26(28-20(3)8-6-9-21(28)4)35-29(36-27)37-43(39,40)25-11-7-10-22(13-25)17-38(23)24-15-30(5,16-24)42-31(32,33)34/h6,8-9,19,22-27,29,35-37H,7,10-18H2,1-5H3/t22?,23-,24?,25?,26?,27?,29?,30?/m1/s1. The minimum Gasteiger partial charge on any atom is -0.362 e. The first-order chi connectivity index (χ1) is 20.1. The van der Waals surface area contributed by atoms with Crippen molar-refractivity contribution < 1.29 is 31.1 Å². The van der Waals surface area contributed by atoms with Crippen LogP contribution in [0.1, 0.15) is 94.9 Å². The highest BCUT2D eigenvalue weighted by atomic mass is 32.2. The molecule has 8 nitrogen and oxygen atoms in total. The van der Waals surface area contributed by atoms with Gasteiger partial charge in [0.2, 0.25) is 10.0 Å². The molecule has 2 aliphatic carbocycles. The average molecular weight is 631 g/mol. The van der Waals surface area contributed by atoms with Gasteiger partial charge in [-0.3, -0.25) is 20.3 Å². The Hall–Kier alpha value is -1.28. The smallest absolute Gasteiger partial charge is 0.362 e. The summed E-state index contributed by atoms with van der Waals surface area (Å²) in [7, 11) is -3.67. The summed E-state index contributed by atoms with van der Waals surface area (Å²) in [5.74, 6) is 0.478. The molecule has 2 saturated heterocycles. The summed E-state index contributed by atoms with van der Waals surface area (Å²) < 4.78 is 81.0. The van der Waals surface area contributed by atoms with Crippen LogP contribution in [0.3, 0.4) is 0 Å². The third-order valence-corrected chi connectivity index (χ3v) is 11.7. The number of hydrogen-bond acceptors (Lipinski definition) is 7. The molecule has 43 heavy (non-hydrogen) atoms. The van der Waals surface area contributed by atoms with Crippen LogP contribution in [-0.4, -0.2) is 68.3 Å². The third kappa shape index (κ3) is 8.12. The SMILES string of the molecule is Cc1cccc(C)c1C1CC2NC(N1)NS(=O)(=O)C1CCCC(C1)CN(C1CC(C)(OC(F)(F)F)C1)[C@H](CC(C)C)CO2. The highest BCUT2D eigenvalue weighted by molar-refractivity contribution is 7.90. The van der Waals surface area contributed by atoms with Gasteiger partial charge in [-0.05, 0) is 87.8 Å². The summed E-state index contributed by atoms with van der Waals surface area (Å²) in [6.45, 7) is 11.0. The van der Waals surface area contributed by atoms with Crippen molar-refractivity contribution in [3.63, 3.8) is 0 Å². The fourth-order valence-corrected chi connectivity index (χ4v) is 9.66. The van der Waals surface area contributed by atoms with E-state index in [-0.39, 0.29) is 36.9 Å². The van der Waals surface area contributed by atoms with Gasteiger partial charge in [-0.15, -0.1) is 13.2 Å². The van der Waals surface area contributed by atoms with E-state index < -0.39 is 39.8 Å². The van der Waals surface area contributed by atoms with Crippen LogP contribution in [0.15, 0.2) is 18.2 Å². The monoisotopic (exact) mass is 630 g/mol. The average Bonchev–Trinajstić information content (AvgIpc) is 2.87. The number of hydrogen-bond donors (Lipinski definition) is 3. The third-order valence-electron chi connectivity index (χ3n) is 9.85. The lowest BCUT2D eigenvalue weighted by Gasteiger charge is -2.53. The van der Waals surface area contributed by atoms with E-state index in [2.05, 4.69) is 64.8 Å². The van der Waals surface area contributed by atoms with Crippen LogP contribution in [0.2, 0.25) is 0 Å². The summed E-state index contributed by atoms with van der Waals surface area (Å²) in [5, 5.41) is 6.33. The lowest BCUT2D eigenvalue weighted by atomic mass is 9.74. The normalized spacial score (nSPS) is 37.6. The first-order valence-electron chi connectivity index (χ1n) is 15.8. The minimum absolute atomic E-state index is 0.0140. The van der Waals surface area contributed by atoms with Gasteiger partial charge in [0.05, 0.1) is 17.5 Å². The predicted molar refractivity (Wildman–Crippen MR) is 159 cm³/mol. The summed E-state index contributed by atoms with van der Waals surface area (Å²) in [6, 6.07) is 5.93. The number of ether oxygens (including phenoxy) is 2. The summed E-state index contributed by atoms with van der Waals surface area (Å²) >= 11 is 0. The van der Waals surface area contributed by atoms with Crippen molar-refractivity contribution in [2.45, 2.75) is 134 Å². The Morgan fingerprint density at radius 3 is 2.47 bits per heavy atom. The first kappa shape index (κ1) is 33.1. The molecule has 4 aliphatic rings. The molecule has 0 amide bonds. The van der Waals surface area contributed by atoms with Crippen molar-refractivity contribution in [2.24, 2.45) is 11.8 Å². The number of benzene rings is 1. The summed E-state index contributed by atoms with van der Waals surface area (Å²) in [4.78, 5) is 2.34. The van der Waals surface area contributed by atoms with E-state index in [1.165, 1.54) is 6.92 Å². The van der Waals surface area contributed by atoms with Crippen LogP contribution in [0.4, 0.5) is 13.2 Å². The molecule has 4 fully saturated rings. The van der Waals surface area contributed by atoms with E-state index in [4.69, 9.17) is 4.74 Å². The second-order valence-corrected chi connectivity index (χ2v) is 16.0. The molecule has 3 N–H and O–H groups in total. The Morgan fingerprint density at radius 2 is 1.81 bits per heavy atom. The molecule has 0 spiro atoms. The second-order valence-electron chi connectivity index (χ2n) is 14.0. The molecule has 0 radical (unpaired) electrons. The zero-order chi connectivity index (χ0) is 31.2. The van der Waals surface area contributed by atoms with Crippen LogP contribution in [0.25, 0.3) is 0 Å². The van der Waals surface area contributed by atoms with Gasteiger partial charge in [0.25, 0.3) is 0 Å². The van der Waals surface area contributed by atoms with Crippen molar-refractivity contribution in [3.8, 4) is 0 Å². The number of sulfonamides is 1. The predicted octanol–water partition coefficient (Wildman–Crippen LogP) is 5.22. The highest BCUT2D eigenvalue weighted by Crippen LogP contribution is 2.44. The lowest BCUT2D eigenvalue weighted by molar-refractivity contribution is -0.380. The van der Waals surface area contributed by atoms with Gasteiger partial charge in [0.15, 0.2) is 0 Å². The number of alkyl halides is 3. The van der Waals surface area contributed by atoms with E-state index >= 15 is 0 Å². The maximum absolute atomic E-state index is 13.7.